The maximum atomic E-state index is 10.4. The van der Waals surface area contributed by atoms with Gasteiger partial charge in [-0.05, 0) is 26.7 Å². The van der Waals surface area contributed by atoms with E-state index in [1.54, 1.807) is 18.3 Å². The fraction of sp³-hybridized carbons (Fsp3) is 0.429. The molecule has 1 aromatic rings. The van der Waals surface area contributed by atoms with E-state index in [2.05, 4.69) is 28.4 Å². The highest BCUT2D eigenvalue weighted by Gasteiger charge is 2.23. The third-order valence-electron chi connectivity index (χ3n) is 2.71. The van der Waals surface area contributed by atoms with E-state index < -0.39 is 5.60 Å². The van der Waals surface area contributed by atoms with Gasteiger partial charge in [-0.25, -0.2) is 4.98 Å². The molecule has 1 aromatic heterocycles. The van der Waals surface area contributed by atoms with E-state index in [-0.39, 0.29) is 0 Å². The third kappa shape index (κ3) is 3.96. The predicted octanol–water partition coefficient (Wildman–Crippen LogP) is 2.39. The lowest BCUT2D eigenvalue weighted by molar-refractivity contribution is 0.0599. The Morgan fingerprint density at radius 2 is 1.94 bits per heavy atom. The predicted molar refractivity (Wildman–Crippen MR) is 74.6 cm³/mol. The van der Waals surface area contributed by atoms with Gasteiger partial charge in [0.05, 0.1) is 17.0 Å². The Bertz CT molecular complexity index is 419. The van der Waals surface area contributed by atoms with Gasteiger partial charge in [-0.1, -0.05) is 12.2 Å². The molecule has 2 N–H and O–H groups in total. The van der Waals surface area contributed by atoms with Crippen molar-refractivity contribution in [3.8, 4) is 0 Å². The van der Waals surface area contributed by atoms with Crippen LogP contribution in [-0.2, 0) is 0 Å². The summed E-state index contributed by atoms with van der Waals surface area (Å²) in [6.45, 7) is 11.5. The minimum atomic E-state index is -0.874. The van der Waals surface area contributed by atoms with Crippen LogP contribution in [0.2, 0.25) is 0 Å². The number of aryl methyl sites for hydroxylation is 2. The first kappa shape index (κ1) is 14.4. The Morgan fingerprint density at radius 3 is 2.50 bits per heavy atom. The molecule has 0 saturated heterocycles. The molecule has 4 nitrogen and oxygen atoms in total. The second-order valence-electron chi connectivity index (χ2n) is 4.51. The van der Waals surface area contributed by atoms with Crippen molar-refractivity contribution in [1.82, 2.24) is 9.97 Å². The molecule has 0 bridgehead atoms. The van der Waals surface area contributed by atoms with Gasteiger partial charge in [0, 0.05) is 12.7 Å². The third-order valence-corrected chi connectivity index (χ3v) is 2.71. The van der Waals surface area contributed by atoms with Crippen molar-refractivity contribution in [2.24, 2.45) is 0 Å². The number of aromatic nitrogens is 2. The van der Waals surface area contributed by atoms with Crippen LogP contribution in [0.1, 0.15) is 24.2 Å². The molecule has 4 heteroatoms. The quantitative estimate of drug-likeness (QED) is 0.726. The Kier molecular flexibility index (Phi) is 5.04. The first-order valence-corrected chi connectivity index (χ1v) is 5.99. The molecule has 1 rings (SSSR count). The van der Waals surface area contributed by atoms with Crippen LogP contribution in [0.25, 0.3) is 0 Å². The molecule has 0 amide bonds. The van der Waals surface area contributed by atoms with Crippen LogP contribution in [0.3, 0.4) is 0 Å². The highest BCUT2D eigenvalue weighted by molar-refractivity contribution is 5.40. The zero-order valence-corrected chi connectivity index (χ0v) is 11.1. The van der Waals surface area contributed by atoms with Gasteiger partial charge in [0.25, 0.3) is 0 Å². The summed E-state index contributed by atoms with van der Waals surface area (Å²) in [5, 5.41) is 13.5. The van der Waals surface area contributed by atoms with Crippen LogP contribution in [0.15, 0.2) is 31.5 Å². The molecule has 0 aliphatic heterocycles. The highest BCUT2D eigenvalue weighted by Crippen LogP contribution is 2.18. The van der Waals surface area contributed by atoms with Crippen molar-refractivity contribution in [2.45, 2.75) is 32.3 Å². The lowest BCUT2D eigenvalue weighted by Crippen LogP contribution is -2.36. The summed E-state index contributed by atoms with van der Waals surface area (Å²) in [5.41, 5.74) is 0.792. The summed E-state index contributed by atoms with van der Waals surface area (Å²) < 4.78 is 0. The van der Waals surface area contributed by atoms with Gasteiger partial charge in [-0.15, -0.1) is 13.2 Å². The van der Waals surface area contributed by atoms with E-state index in [1.165, 1.54) is 0 Å². The van der Waals surface area contributed by atoms with E-state index in [0.29, 0.717) is 25.2 Å². The van der Waals surface area contributed by atoms with Gasteiger partial charge in [-0.2, -0.15) is 0 Å². The molecule has 0 fully saturated rings. The number of hydrogen-bond donors (Lipinski definition) is 2. The van der Waals surface area contributed by atoms with E-state index in [4.69, 9.17) is 0 Å². The monoisotopic (exact) mass is 247 g/mol. The van der Waals surface area contributed by atoms with Crippen LogP contribution in [0.5, 0.6) is 0 Å². The number of nitrogens with one attached hydrogen (secondary N) is 1. The zero-order valence-electron chi connectivity index (χ0n) is 11.1. The molecular weight excluding hydrogens is 226 g/mol. The van der Waals surface area contributed by atoms with E-state index in [1.807, 2.05) is 13.8 Å². The smallest absolute Gasteiger partial charge is 0.147 e. The van der Waals surface area contributed by atoms with E-state index in [9.17, 15) is 5.11 Å². The van der Waals surface area contributed by atoms with Crippen molar-refractivity contribution in [3.05, 3.63) is 42.9 Å². The fourth-order valence-electron chi connectivity index (χ4n) is 1.72. The largest absolute Gasteiger partial charge is 0.387 e. The Labute approximate surface area is 108 Å². The van der Waals surface area contributed by atoms with Crippen LogP contribution in [0, 0.1) is 13.8 Å². The topological polar surface area (TPSA) is 58.0 Å². The number of aliphatic hydroxyl groups is 1. The molecule has 0 aliphatic rings. The first-order chi connectivity index (χ1) is 8.50. The summed E-state index contributed by atoms with van der Waals surface area (Å²) in [6.07, 6.45) is 6.15. The summed E-state index contributed by atoms with van der Waals surface area (Å²) in [6, 6.07) is 0. The molecule has 0 spiro atoms. The van der Waals surface area contributed by atoms with Gasteiger partial charge in [0.1, 0.15) is 5.82 Å². The lowest BCUT2D eigenvalue weighted by Gasteiger charge is -2.26. The lowest BCUT2D eigenvalue weighted by atomic mass is 9.95. The Balaban J connectivity index is 2.75. The molecule has 0 aromatic carbocycles. The van der Waals surface area contributed by atoms with Crippen LogP contribution in [-0.4, -0.2) is 27.2 Å². The summed E-state index contributed by atoms with van der Waals surface area (Å²) in [7, 11) is 0. The number of rotatable bonds is 7. The molecule has 0 atom stereocenters. The highest BCUT2D eigenvalue weighted by atomic mass is 16.3. The van der Waals surface area contributed by atoms with Crippen molar-refractivity contribution in [2.75, 3.05) is 11.9 Å². The van der Waals surface area contributed by atoms with Gasteiger partial charge in [-0.3, -0.25) is 4.98 Å². The van der Waals surface area contributed by atoms with Crippen molar-refractivity contribution < 1.29 is 5.11 Å². The van der Waals surface area contributed by atoms with Gasteiger partial charge in [0.15, 0.2) is 0 Å². The molecular formula is C14H21N3O. The SMILES string of the molecule is C=CCC(O)(CC=C)CNc1nc(C)cnc1C. The molecule has 0 aliphatic carbocycles. The van der Waals surface area contributed by atoms with Crippen LogP contribution in [0.4, 0.5) is 5.82 Å². The number of hydrogen-bond acceptors (Lipinski definition) is 4. The maximum Gasteiger partial charge on any atom is 0.147 e. The van der Waals surface area contributed by atoms with Crippen molar-refractivity contribution >= 4 is 5.82 Å². The minimum Gasteiger partial charge on any atom is -0.387 e. The van der Waals surface area contributed by atoms with Gasteiger partial charge >= 0.3 is 0 Å². The van der Waals surface area contributed by atoms with Crippen molar-refractivity contribution in [1.29, 1.82) is 0 Å². The second kappa shape index (κ2) is 6.31. The maximum absolute atomic E-state index is 10.4. The fourth-order valence-corrected chi connectivity index (χ4v) is 1.72. The average molecular weight is 247 g/mol. The summed E-state index contributed by atoms with van der Waals surface area (Å²) >= 11 is 0. The minimum absolute atomic E-state index is 0.393. The van der Waals surface area contributed by atoms with E-state index >= 15 is 0 Å². The molecule has 18 heavy (non-hydrogen) atoms. The Hall–Kier alpha value is -1.68. The molecule has 0 saturated carbocycles. The normalized spacial score (nSPS) is 11.1. The standard InChI is InChI=1S/C14H21N3O/c1-5-7-14(18,8-6-2)10-16-13-12(4)15-9-11(3)17-13/h5-6,9,18H,1-2,7-8,10H2,3-4H3,(H,16,17). The van der Waals surface area contributed by atoms with E-state index in [0.717, 1.165) is 11.4 Å². The second-order valence-corrected chi connectivity index (χ2v) is 4.51. The molecule has 98 valence electrons. The summed E-state index contributed by atoms with van der Waals surface area (Å²) in [5.74, 6) is 0.710. The summed E-state index contributed by atoms with van der Waals surface area (Å²) in [4.78, 5) is 8.58. The molecule has 1 heterocycles. The first-order valence-electron chi connectivity index (χ1n) is 5.99. The number of anilines is 1. The zero-order chi connectivity index (χ0) is 13.6. The van der Waals surface area contributed by atoms with Gasteiger partial charge in [0.2, 0.25) is 0 Å². The molecule has 0 radical (unpaired) electrons. The average Bonchev–Trinajstić information content (AvgIpc) is 2.31. The van der Waals surface area contributed by atoms with Crippen LogP contribution < -0.4 is 5.32 Å². The number of nitrogens with zero attached hydrogens (tertiary/aromatic N) is 2. The Morgan fingerprint density at radius 1 is 1.33 bits per heavy atom. The van der Waals surface area contributed by atoms with Gasteiger partial charge < -0.3 is 10.4 Å². The van der Waals surface area contributed by atoms with Crippen molar-refractivity contribution in [3.63, 3.8) is 0 Å². The molecule has 0 unspecified atom stereocenters. The van der Waals surface area contributed by atoms with Crippen LogP contribution >= 0.6 is 0 Å².